The van der Waals surface area contributed by atoms with E-state index in [1.165, 1.54) is 23.9 Å². The number of carboxylic acid groups (broad SMARTS) is 1. The molecule has 0 amide bonds. The molecule has 152 valence electrons. The van der Waals surface area contributed by atoms with Crippen LogP contribution in [-0.2, 0) is 21.8 Å². The molecule has 3 rings (SSSR count). The van der Waals surface area contributed by atoms with E-state index in [2.05, 4.69) is 9.82 Å². The molecule has 1 fully saturated rings. The first-order valence-electron chi connectivity index (χ1n) is 9.15. The molecule has 1 aliphatic carbocycles. The fourth-order valence-corrected chi connectivity index (χ4v) is 4.74. The number of carbonyl (C=O) groups is 1. The van der Waals surface area contributed by atoms with E-state index < -0.39 is 16.0 Å². The molecule has 8 nitrogen and oxygen atoms in total. The van der Waals surface area contributed by atoms with Gasteiger partial charge in [-0.05, 0) is 44.7 Å². The number of ether oxygens (including phenoxy) is 1. The number of hydrogen-bond acceptors (Lipinski definition) is 5. The van der Waals surface area contributed by atoms with Crippen LogP contribution in [0.5, 0.6) is 0 Å². The van der Waals surface area contributed by atoms with E-state index in [-0.39, 0.29) is 28.3 Å². The number of sulfonamides is 1. The van der Waals surface area contributed by atoms with Crippen molar-refractivity contribution in [1.29, 1.82) is 0 Å². The SMILES string of the molecule is COC1CCC(c2nn(C)c(C(=O)O)c2NS(=O)(=O)c2ccc(C)cc2)CC1. The lowest BCUT2D eigenvalue weighted by Crippen LogP contribution is -2.21. The summed E-state index contributed by atoms with van der Waals surface area (Å²) in [5.74, 6) is -1.25. The third-order valence-electron chi connectivity index (χ3n) is 5.24. The van der Waals surface area contributed by atoms with Gasteiger partial charge in [0.25, 0.3) is 10.0 Å². The summed E-state index contributed by atoms with van der Waals surface area (Å²) in [6, 6.07) is 6.39. The van der Waals surface area contributed by atoms with Gasteiger partial charge in [0, 0.05) is 20.1 Å². The van der Waals surface area contributed by atoms with Gasteiger partial charge >= 0.3 is 5.97 Å². The molecule has 1 aromatic heterocycles. The molecular formula is C19H25N3O5S. The second-order valence-corrected chi connectivity index (χ2v) is 8.85. The highest BCUT2D eigenvalue weighted by atomic mass is 32.2. The van der Waals surface area contributed by atoms with E-state index in [1.54, 1.807) is 19.2 Å². The van der Waals surface area contributed by atoms with Gasteiger partial charge in [-0.25, -0.2) is 13.2 Å². The molecule has 0 spiro atoms. The number of methoxy groups -OCH3 is 1. The van der Waals surface area contributed by atoms with Crippen molar-refractivity contribution in [3.05, 3.63) is 41.2 Å². The summed E-state index contributed by atoms with van der Waals surface area (Å²) in [5, 5.41) is 14.0. The van der Waals surface area contributed by atoms with Gasteiger partial charge in [0.15, 0.2) is 5.69 Å². The average molecular weight is 407 g/mol. The van der Waals surface area contributed by atoms with Crippen molar-refractivity contribution in [2.45, 2.75) is 49.5 Å². The Balaban J connectivity index is 1.99. The average Bonchev–Trinajstić information content (AvgIpc) is 2.97. The van der Waals surface area contributed by atoms with Crippen LogP contribution in [0.2, 0.25) is 0 Å². The first kappa shape index (κ1) is 20.3. The van der Waals surface area contributed by atoms with E-state index in [0.717, 1.165) is 31.2 Å². The fourth-order valence-electron chi connectivity index (χ4n) is 3.66. The molecule has 0 saturated heterocycles. The second kappa shape index (κ2) is 7.92. The van der Waals surface area contributed by atoms with Crippen LogP contribution in [0.4, 0.5) is 5.69 Å². The van der Waals surface area contributed by atoms with E-state index in [0.29, 0.717) is 5.69 Å². The minimum atomic E-state index is -3.94. The molecule has 9 heteroatoms. The Morgan fingerprint density at radius 2 is 1.82 bits per heavy atom. The normalized spacial score (nSPS) is 20.1. The van der Waals surface area contributed by atoms with Crippen molar-refractivity contribution in [3.63, 3.8) is 0 Å². The number of rotatable bonds is 6. The Kier molecular flexibility index (Phi) is 5.76. The number of benzene rings is 1. The van der Waals surface area contributed by atoms with Gasteiger partial charge in [-0.1, -0.05) is 17.7 Å². The molecule has 0 bridgehead atoms. The molecule has 1 heterocycles. The number of hydrogen-bond donors (Lipinski definition) is 2. The van der Waals surface area contributed by atoms with Gasteiger partial charge in [0.05, 0.1) is 16.7 Å². The Morgan fingerprint density at radius 1 is 1.21 bits per heavy atom. The van der Waals surface area contributed by atoms with Crippen molar-refractivity contribution in [2.24, 2.45) is 7.05 Å². The van der Waals surface area contributed by atoms with E-state index in [9.17, 15) is 18.3 Å². The monoisotopic (exact) mass is 407 g/mol. The van der Waals surface area contributed by atoms with E-state index >= 15 is 0 Å². The number of aromatic carboxylic acids is 1. The molecule has 2 aromatic rings. The number of nitrogens with one attached hydrogen (secondary N) is 1. The third-order valence-corrected chi connectivity index (χ3v) is 6.60. The molecule has 1 aliphatic rings. The standard InChI is InChI=1S/C19H25N3O5S/c1-12-4-10-15(11-5-12)28(25,26)21-17-16(20-22(2)18(17)19(23)24)13-6-8-14(27-3)9-7-13/h4-5,10-11,13-14,21H,6-9H2,1-3H3,(H,23,24). The summed E-state index contributed by atoms with van der Waals surface area (Å²) >= 11 is 0. The highest BCUT2D eigenvalue weighted by Crippen LogP contribution is 2.38. The topological polar surface area (TPSA) is 111 Å². The van der Waals surface area contributed by atoms with Crippen LogP contribution >= 0.6 is 0 Å². The van der Waals surface area contributed by atoms with E-state index in [4.69, 9.17) is 4.74 Å². The van der Waals surface area contributed by atoms with Crippen molar-refractivity contribution >= 4 is 21.7 Å². The minimum absolute atomic E-state index is 0.0265. The van der Waals surface area contributed by atoms with Gasteiger partial charge in [0.1, 0.15) is 5.69 Å². The van der Waals surface area contributed by atoms with Crippen LogP contribution in [0.3, 0.4) is 0 Å². The Bertz CT molecular complexity index is 958. The summed E-state index contributed by atoms with van der Waals surface area (Å²) in [4.78, 5) is 11.9. The first-order valence-corrected chi connectivity index (χ1v) is 10.6. The number of nitrogens with zero attached hydrogens (tertiary/aromatic N) is 2. The lowest BCUT2D eigenvalue weighted by atomic mass is 9.84. The van der Waals surface area contributed by atoms with Gasteiger partial charge in [-0.3, -0.25) is 9.40 Å². The largest absolute Gasteiger partial charge is 0.476 e. The molecule has 28 heavy (non-hydrogen) atoms. The predicted octanol–water partition coefficient (Wildman–Crippen LogP) is 2.90. The molecule has 0 radical (unpaired) electrons. The minimum Gasteiger partial charge on any atom is -0.476 e. The number of carboxylic acids is 1. The maximum atomic E-state index is 12.9. The smallest absolute Gasteiger partial charge is 0.356 e. The zero-order chi connectivity index (χ0) is 20.5. The molecule has 1 saturated carbocycles. The summed E-state index contributed by atoms with van der Waals surface area (Å²) in [5.41, 5.74) is 1.29. The van der Waals surface area contributed by atoms with Crippen molar-refractivity contribution < 1.29 is 23.1 Å². The van der Waals surface area contributed by atoms with Crippen LogP contribution < -0.4 is 4.72 Å². The van der Waals surface area contributed by atoms with Crippen molar-refractivity contribution in [1.82, 2.24) is 9.78 Å². The van der Waals surface area contributed by atoms with Gasteiger partial charge in [0.2, 0.25) is 0 Å². The van der Waals surface area contributed by atoms with Crippen LogP contribution in [0.15, 0.2) is 29.2 Å². The highest BCUT2D eigenvalue weighted by Gasteiger charge is 2.32. The lowest BCUT2D eigenvalue weighted by molar-refractivity contribution is 0.0655. The van der Waals surface area contributed by atoms with Gasteiger partial charge in [-0.2, -0.15) is 5.10 Å². The molecule has 1 aromatic carbocycles. The van der Waals surface area contributed by atoms with Crippen LogP contribution in [0, 0.1) is 6.92 Å². The quantitative estimate of drug-likeness (QED) is 0.762. The van der Waals surface area contributed by atoms with Gasteiger partial charge < -0.3 is 9.84 Å². The number of anilines is 1. The molecular weight excluding hydrogens is 382 g/mol. The van der Waals surface area contributed by atoms with Crippen LogP contribution in [-0.4, -0.2) is 42.5 Å². The lowest BCUT2D eigenvalue weighted by Gasteiger charge is -2.27. The third kappa shape index (κ3) is 4.05. The maximum absolute atomic E-state index is 12.9. The van der Waals surface area contributed by atoms with Gasteiger partial charge in [-0.15, -0.1) is 0 Å². The molecule has 0 atom stereocenters. The summed E-state index contributed by atoms with van der Waals surface area (Å²) in [7, 11) is -0.753. The number of aryl methyl sites for hydroxylation is 2. The molecule has 0 aliphatic heterocycles. The zero-order valence-electron chi connectivity index (χ0n) is 16.2. The highest BCUT2D eigenvalue weighted by molar-refractivity contribution is 7.92. The zero-order valence-corrected chi connectivity index (χ0v) is 17.0. The maximum Gasteiger partial charge on any atom is 0.356 e. The Hall–Kier alpha value is -2.39. The van der Waals surface area contributed by atoms with Crippen LogP contribution in [0.25, 0.3) is 0 Å². The van der Waals surface area contributed by atoms with E-state index in [1.807, 2.05) is 6.92 Å². The Morgan fingerprint density at radius 3 is 2.36 bits per heavy atom. The molecule has 0 unspecified atom stereocenters. The second-order valence-electron chi connectivity index (χ2n) is 7.17. The van der Waals surface area contributed by atoms with Crippen molar-refractivity contribution in [2.75, 3.05) is 11.8 Å². The predicted molar refractivity (Wildman–Crippen MR) is 104 cm³/mol. The summed E-state index contributed by atoms with van der Waals surface area (Å²) < 4.78 is 34.9. The molecule has 2 N–H and O–H groups in total. The summed E-state index contributed by atoms with van der Waals surface area (Å²) in [6.45, 7) is 1.86. The summed E-state index contributed by atoms with van der Waals surface area (Å²) in [6.07, 6.45) is 3.34. The Labute approximate surface area is 164 Å². The van der Waals surface area contributed by atoms with Crippen LogP contribution in [0.1, 0.15) is 53.3 Å². The van der Waals surface area contributed by atoms with Crippen molar-refractivity contribution in [3.8, 4) is 0 Å². The first-order chi connectivity index (χ1) is 13.2. The fraction of sp³-hybridized carbons (Fsp3) is 0.474. The number of aromatic nitrogens is 2.